The minimum absolute atomic E-state index is 0.0419. The SMILES string of the molecule is Cc1c(C(=S)N=P(N2CCCCCC2)(N2CCCCCC2)C(C)(C)C)c2ccccn2c1C(=S)N=P(N1CCCCCC1)(N1CCCCCC1)C(C)(C)C. The number of rotatable bonds is 6. The molecule has 0 saturated carbocycles. The maximum Gasteiger partial charge on any atom is 0.151 e. The molecule has 0 amide bonds. The minimum atomic E-state index is -2.25. The van der Waals surface area contributed by atoms with E-state index in [-0.39, 0.29) is 10.3 Å². The van der Waals surface area contributed by atoms with Gasteiger partial charge in [0.25, 0.3) is 0 Å². The highest BCUT2D eigenvalue weighted by Crippen LogP contribution is 2.68. The summed E-state index contributed by atoms with van der Waals surface area (Å²) < 4.78 is 25.8. The standard InChI is InChI=1S/C43H73N7P2S2/c1-36-38(40(53)44-51(42(2,3)4,46-27-17-8-9-18-28-46)47-29-19-10-11-20-30-47)37-26-16-25-35-50(37)39(36)41(54)45-52(43(5,6)7,48-31-21-12-13-22-32-48)49-33-23-14-15-24-34-49/h16,25-26,35H,8-15,17-24,27-34H2,1-7H3. The lowest BCUT2D eigenvalue weighted by Gasteiger charge is -2.51. The predicted molar refractivity (Wildman–Crippen MR) is 244 cm³/mol. The van der Waals surface area contributed by atoms with Crippen molar-refractivity contribution in [2.45, 2.75) is 162 Å². The molecule has 0 aliphatic carbocycles. The van der Waals surface area contributed by atoms with E-state index in [0.717, 1.165) is 84.7 Å². The molecule has 2 aromatic heterocycles. The van der Waals surface area contributed by atoms with Gasteiger partial charge in [0.2, 0.25) is 0 Å². The molecule has 0 radical (unpaired) electrons. The van der Waals surface area contributed by atoms with Gasteiger partial charge in [-0.3, -0.25) is 18.7 Å². The van der Waals surface area contributed by atoms with Crippen molar-refractivity contribution in [2.75, 3.05) is 52.4 Å². The van der Waals surface area contributed by atoms with Gasteiger partial charge < -0.3 is 4.40 Å². The first-order valence-electron chi connectivity index (χ1n) is 21.8. The van der Waals surface area contributed by atoms with Crippen molar-refractivity contribution < 1.29 is 0 Å². The quantitative estimate of drug-likeness (QED) is 0.214. The molecular formula is C43H73N7P2S2. The summed E-state index contributed by atoms with van der Waals surface area (Å²) in [7, 11) is -4.49. The Hall–Kier alpha value is -0.760. The second kappa shape index (κ2) is 18.4. The molecule has 0 bridgehead atoms. The smallest absolute Gasteiger partial charge is 0.151 e. The van der Waals surface area contributed by atoms with Gasteiger partial charge in [-0.1, -0.05) is 123 Å². The van der Waals surface area contributed by atoms with Crippen LogP contribution in [0.5, 0.6) is 0 Å². The van der Waals surface area contributed by atoms with Crippen molar-refractivity contribution >= 4 is 54.6 Å². The number of fused-ring (bicyclic) bond motifs is 1. The maximum absolute atomic E-state index is 6.67. The third-order valence-electron chi connectivity index (χ3n) is 12.7. The molecule has 6 heterocycles. The Kier molecular flexibility index (Phi) is 14.6. The van der Waals surface area contributed by atoms with Crippen LogP contribution in [0.3, 0.4) is 0 Å². The van der Waals surface area contributed by atoms with E-state index in [2.05, 4.69) is 95.9 Å². The summed E-state index contributed by atoms with van der Waals surface area (Å²) in [5.41, 5.74) is 4.37. The molecule has 6 rings (SSSR count). The Labute approximate surface area is 340 Å². The first kappa shape index (κ1) is 42.8. The molecule has 7 nitrogen and oxygen atoms in total. The Balaban J connectivity index is 1.56. The number of hydrogen-bond acceptors (Lipinski definition) is 2. The van der Waals surface area contributed by atoms with Crippen molar-refractivity contribution in [2.24, 2.45) is 9.49 Å². The van der Waals surface area contributed by atoms with Crippen molar-refractivity contribution in [3.8, 4) is 0 Å². The average molecular weight is 814 g/mol. The van der Waals surface area contributed by atoms with Gasteiger partial charge in [0.1, 0.15) is 19.7 Å². The Morgan fingerprint density at radius 1 is 0.519 bits per heavy atom. The molecule has 0 unspecified atom stereocenters. The molecule has 11 heteroatoms. The summed E-state index contributed by atoms with van der Waals surface area (Å²) >= 11 is 13.3. The molecule has 54 heavy (non-hydrogen) atoms. The fraction of sp³-hybridized carbons (Fsp3) is 0.767. The van der Waals surface area contributed by atoms with E-state index in [4.69, 9.17) is 33.9 Å². The Morgan fingerprint density at radius 2 is 0.852 bits per heavy atom. The Bertz CT molecular complexity index is 1530. The average Bonchev–Trinajstić information content (AvgIpc) is 3.66. The van der Waals surface area contributed by atoms with Gasteiger partial charge in [-0.15, -0.1) is 0 Å². The van der Waals surface area contributed by atoms with Crippen LogP contribution in [0, 0.1) is 6.92 Å². The highest BCUT2D eigenvalue weighted by molar-refractivity contribution is 7.82. The number of hydrogen-bond donors (Lipinski definition) is 0. The molecule has 4 aliphatic rings. The second-order valence-electron chi connectivity index (χ2n) is 18.6. The zero-order chi connectivity index (χ0) is 38.6. The topological polar surface area (TPSA) is 42.1 Å². The summed E-state index contributed by atoms with van der Waals surface area (Å²) in [6.45, 7) is 25.9. The molecule has 2 aromatic rings. The fourth-order valence-electron chi connectivity index (χ4n) is 10.2. The lowest BCUT2D eigenvalue weighted by atomic mass is 10.1. The monoisotopic (exact) mass is 813 g/mol. The zero-order valence-electron chi connectivity index (χ0n) is 35.1. The van der Waals surface area contributed by atoms with Gasteiger partial charge in [0.15, 0.2) is 4.99 Å². The van der Waals surface area contributed by atoms with Gasteiger partial charge >= 0.3 is 0 Å². The molecule has 4 fully saturated rings. The zero-order valence-corrected chi connectivity index (χ0v) is 38.5. The van der Waals surface area contributed by atoms with Crippen molar-refractivity contribution in [1.82, 2.24) is 23.1 Å². The van der Waals surface area contributed by atoms with E-state index in [1.807, 2.05) is 0 Å². The largest absolute Gasteiger partial charge is 0.313 e. The Morgan fingerprint density at radius 3 is 1.19 bits per heavy atom. The van der Waals surface area contributed by atoms with Crippen LogP contribution < -0.4 is 0 Å². The summed E-state index contributed by atoms with van der Waals surface area (Å²) in [6.07, 6.45) is 22.6. The van der Waals surface area contributed by atoms with Crippen molar-refractivity contribution in [1.29, 1.82) is 0 Å². The van der Waals surface area contributed by atoms with E-state index in [9.17, 15) is 0 Å². The molecule has 4 aliphatic heterocycles. The fourth-order valence-corrected chi connectivity index (χ4v) is 20.6. The minimum Gasteiger partial charge on any atom is -0.313 e. The molecule has 4 saturated heterocycles. The van der Waals surface area contributed by atoms with Gasteiger partial charge in [0, 0.05) is 74.4 Å². The van der Waals surface area contributed by atoms with Crippen LogP contribution in [0.25, 0.3) is 5.52 Å². The highest BCUT2D eigenvalue weighted by Gasteiger charge is 2.47. The number of nitrogens with zero attached hydrogens (tertiary/aromatic N) is 7. The third-order valence-corrected chi connectivity index (χ3v) is 22.8. The molecule has 0 spiro atoms. The van der Waals surface area contributed by atoms with Gasteiger partial charge in [0.05, 0.1) is 11.2 Å². The van der Waals surface area contributed by atoms with Crippen LogP contribution >= 0.6 is 39.1 Å². The van der Waals surface area contributed by atoms with Gasteiger partial charge in [-0.25, -0.2) is 9.49 Å². The molecule has 0 aromatic carbocycles. The second-order valence-corrected chi connectivity index (χ2v) is 27.0. The van der Waals surface area contributed by atoms with E-state index >= 15 is 0 Å². The summed E-state index contributed by atoms with van der Waals surface area (Å²) in [4.78, 5) is 1.51. The van der Waals surface area contributed by atoms with E-state index in [0.29, 0.717) is 0 Å². The molecule has 302 valence electrons. The highest BCUT2D eigenvalue weighted by atomic mass is 32.1. The van der Waals surface area contributed by atoms with Crippen LogP contribution in [-0.2, 0) is 0 Å². The number of pyridine rings is 1. The summed E-state index contributed by atoms with van der Waals surface area (Å²) in [6, 6.07) is 6.53. The number of thiocarbonyl (C=S) groups is 2. The van der Waals surface area contributed by atoms with Gasteiger partial charge in [-0.05, 0) is 76.0 Å². The maximum atomic E-state index is 6.67. The predicted octanol–water partition coefficient (Wildman–Crippen LogP) is 12.8. The molecule has 0 atom stereocenters. The van der Waals surface area contributed by atoms with Crippen LogP contribution in [0.2, 0.25) is 0 Å². The van der Waals surface area contributed by atoms with E-state index in [1.54, 1.807) is 0 Å². The van der Waals surface area contributed by atoms with Crippen LogP contribution in [0.15, 0.2) is 33.9 Å². The summed E-state index contributed by atoms with van der Waals surface area (Å²) in [5.74, 6) is 0. The van der Waals surface area contributed by atoms with Gasteiger partial charge in [-0.2, -0.15) is 0 Å². The van der Waals surface area contributed by atoms with Crippen LogP contribution in [0.1, 0.15) is 161 Å². The van der Waals surface area contributed by atoms with Crippen LogP contribution in [-0.4, -0.2) is 95.7 Å². The molecular weight excluding hydrogens is 741 g/mol. The lowest BCUT2D eigenvalue weighted by molar-refractivity contribution is 0.368. The van der Waals surface area contributed by atoms with E-state index in [1.165, 1.54) is 103 Å². The third kappa shape index (κ3) is 8.66. The summed E-state index contributed by atoms with van der Waals surface area (Å²) in [5, 5.41) is -0.0863. The lowest BCUT2D eigenvalue weighted by Crippen LogP contribution is -2.42. The molecule has 0 N–H and O–H groups in total. The normalized spacial score (nSPS) is 21.9. The van der Waals surface area contributed by atoms with Crippen LogP contribution in [0.4, 0.5) is 0 Å². The van der Waals surface area contributed by atoms with Crippen molar-refractivity contribution in [3.63, 3.8) is 0 Å². The first-order chi connectivity index (χ1) is 25.8. The first-order valence-corrected chi connectivity index (χ1v) is 25.9. The van der Waals surface area contributed by atoms with Crippen molar-refractivity contribution in [3.05, 3.63) is 41.2 Å². The van der Waals surface area contributed by atoms with E-state index < -0.39 is 14.7 Å². The number of aromatic nitrogens is 1.